The minimum atomic E-state index is -0.638. The summed E-state index contributed by atoms with van der Waals surface area (Å²) in [6.45, 7) is 8.45. The summed E-state index contributed by atoms with van der Waals surface area (Å²) < 4.78 is 1.40. The van der Waals surface area contributed by atoms with E-state index in [0.717, 1.165) is 4.88 Å². The van der Waals surface area contributed by atoms with Gasteiger partial charge in [-0.15, -0.1) is 17.9 Å². The largest absolute Gasteiger partial charge is 0.332 e. The number of rotatable bonds is 6. The number of nitrogens with zero attached hydrogens (tertiary/aromatic N) is 3. The number of aromatic nitrogens is 2. The Kier molecular flexibility index (Phi) is 5.32. The molecule has 5 nitrogen and oxygen atoms in total. The molecule has 0 spiro atoms. The molecule has 1 unspecified atom stereocenters. The van der Waals surface area contributed by atoms with Crippen LogP contribution < -0.4 is 5.56 Å². The molecule has 134 valence electrons. The molecule has 1 amide bonds. The first-order chi connectivity index (χ1) is 12.5. The maximum Gasteiger partial charge on any atom is 0.261 e. The van der Waals surface area contributed by atoms with Crippen molar-refractivity contribution in [2.75, 3.05) is 6.54 Å². The van der Waals surface area contributed by atoms with Crippen LogP contribution in [0.4, 0.5) is 0 Å². The van der Waals surface area contributed by atoms with Crippen LogP contribution in [0, 0.1) is 6.92 Å². The van der Waals surface area contributed by atoms with Crippen molar-refractivity contribution < 1.29 is 4.79 Å². The van der Waals surface area contributed by atoms with Crippen molar-refractivity contribution in [1.29, 1.82) is 0 Å². The lowest BCUT2D eigenvalue weighted by atomic mass is 10.2. The number of amides is 1. The van der Waals surface area contributed by atoms with E-state index < -0.39 is 6.04 Å². The molecule has 0 radical (unpaired) electrons. The third kappa shape index (κ3) is 3.60. The number of hydrogen-bond donors (Lipinski definition) is 0. The van der Waals surface area contributed by atoms with E-state index >= 15 is 0 Å². The van der Waals surface area contributed by atoms with E-state index in [1.165, 1.54) is 15.8 Å². The first kappa shape index (κ1) is 18.1. The van der Waals surface area contributed by atoms with Gasteiger partial charge in [-0.05, 0) is 38.1 Å². The first-order valence-corrected chi connectivity index (χ1v) is 9.23. The predicted octanol–water partition coefficient (Wildman–Crippen LogP) is 3.54. The summed E-state index contributed by atoms with van der Waals surface area (Å²) in [4.78, 5) is 34.1. The standard InChI is InChI=1S/C20H21N3O2S/c1-4-11-22(12-16-10-9-14(2)26-16)19(24)15(3)23-13-21-18-8-6-5-7-17(18)20(23)25/h4-10,13,15H,1,11-12H2,2-3H3. The highest BCUT2D eigenvalue weighted by Crippen LogP contribution is 2.19. The molecule has 3 rings (SSSR count). The number of thiophene rings is 1. The average molecular weight is 367 g/mol. The zero-order valence-corrected chi connectivity index (χ0v) is 15.7. The van der Waals surface area contributed by atoms with Crippen LogP contribution in [0.25, 0.3) is 10.9 Å². The van der Waals surface area contributed by atoms with Crippen molar-refractivity contribution in [3.8, 4) is 0 Å². The Labute approximate surface area is 156 Å². The van der Waals surface area contributed by atoms with Gasteiger partial charge in [0.1, 0.15) is 6.04 Å². The molecule has 2 aromatic heterocycles. The van der Waals surface area contributed by atoms with E-state index in [2.05, 4.69) is 11.6 Å². The Bertz CT molecular complexity index is 1010. The van der Waals surface area contributed by atoms with Crippen LogP contribution in [-0.2, 0) is 11.3 Å². The van der Waals surface area contributed by atoms with E-state index in [4.69, 9.17) is 0 Å². The third-order valence-corrected chi connectivity index (χ3v) is 5.25. The molecular formula is C20H21N3O2S. The average Bonchev–Trinajstić information content (AvgIpc) is 3.05. The number of para-hydroxylation sites is 1. The van der Waals surface area contributed by atoms with E-state index in [1.807, 2.05) is 25.1 Å². The number of hydrogen-bond acceptors (Lipinski definition) is 4. The smallest absolute Gasteiger partial charge is 0.261 e. The number of aryl methyl sites for hydroxylation is 1. The monoisotopic (exact) mass is 367 g/mol. The summed E-state index contributed by atoms with van der Waals surface area (Å²) in [5, 5.41) is 0.513. The lowest BCUT2D eigenvalue weighted by Gasteiger charge is -2.25. The Hall–Kier alpha value is -2.73. The van der Waals surface area contributed by atoms with E-state index in [9.17, 15) is 9.59 Å². The summed E-state index contributed by atoms with van der Waals surface area (Å²) in [6.07, 6.45) is 3.15. The number of benzene rings is 1. The van der Waals surface area contributed by atoms with Crippen LogP contribution in [0.2, 0.25) is 0 Å². The second kappa shape index (κ2) is 7.66. The van der Waals surface area contributed by atoms with Crippen molar-refractivity contribution in [3.05, 3.63) is 75.5 Å². The fourth-order valence-corrected chi connectivity index (χ4v) is 3.79. The van der Waals surface area contributed by atoms with Crippen LogP contribution >= 0.6 is 11.3 Å². The maximum absolute atomic E-state index is 13.0. The second-order valence-electron chi connectivity index (χ2n) is 6.17. The van der Waals surface area contributed by atoms with E-state index in [0.29, 0.717) is 24.0 Å². The lowest BCUT2D eigenvalue weighted by molar-refractivity contribution is -0.134. The van der Waals surface area contributed by atoms with Gasteiger partial charge < -0.3 is 4.90 Å². The fraction of sp³-hybridized carbons (Fsp3) is 0.250. The minimum Gasteiger partial charge on any atom is -0.332 e. The molecule has 1 atom stereocenters. The second-order valence-corrected chi connectivity index (χ2v) is 7.54. The summed E-state index contributed by atoms with van der Waals surface area (Å²) in [6, 6.07) is 10.6. The molecule has 0 fully saturated rings. The van der Waals surface area contributed by atoms with Crippen LogP contribution in [0.5, 0.6) is 0 Å². The molecule has 0 saturated heterocycles. The summed E-state index contributed by atoms with van der Waals surface area (Å²) in [7, 11) is 0. The first-order valence-electron chi connectivity index (χ1n) is 8.42. The van der Waals surface area contributed by atoms with Crippen molar-refractivity contribution in [3.63, 3.8) is 0 Å². The van der Waals surface area contributed by atoms with Crippen LogP contribution in [-0.4, -0.2) is 26.9 Å². The zero-order valence-electron chi connectivity index (χ0n) is 14.9. The highest BCUT2D eigenvalue weighted by molar-refractivity contribution is 7.11. The van der Waals surface area contributed by atoms with Gasteiger partial charge in [0.25, 0.3) is 5.56 Å². The third-order valence-electron chi connectivity index (χ3n) is 4.27. The minimum absolute atomic E-state index is 0.130. The van der Waals surface area contributed by atoms with Gasteiger partial charge in [0, 0.05) is 16.3 Å². The lowest BCUT2D eigenvalue weighted by Crippen LogP contribution is -2.39. The van der Waals surface area contributed by atoms with Gasteiger partial charge in [-0.3, -0.25) is 14.2 Å². The zero-order chi connectivity index (χ0) is 18.7. The summed E-state index contributed by atoms with van der Waals surface area (Å²) in [5.74, 6) is -0.130. The SMILES string of the molecule is C=CCN(Cc1ccc(C)s1)C(=O)C(C)n1cnc2ccccc2c1=O. The van der Waals surface area contributed by atoms with Gasteiger partial charge >= 0.3 is 0 Å². The molecule has 3 aromatic rings. The molecule has 6 heteroatoms. The highest BCUT2D eigenvalue weighted by Gasteiger charge is 2.23. The normalized spacial score (nSPS) is 12.1. The van der Waals surface area contributed by atoms with Crippen molar-refractivity contribution in [2.24, 2.45) is 0 Å². The van der Waals surface area contributed by atoms with Crippen molar-refractivity contribution >= 4 is 28.1 Å². The number of carbonyl (C=O) groups is 1. The van der Waals surface area contributed by atoms with Crippen molar-refractivity contribution in [1.82, 2.24) is 14.5 Å². The van der Waals surface area contributed by atoms with Gasteiger partial charge in [-0.2, -0.15) is 0 Å². The maximum atomic E-state index is 13.0. The molecule has 1 aromatic carbocycles. The molecular weight excluding hydrogens is 346 g/mol. The Morgan fingerprint density at radius 1 is 1.35 bits per heavy atom. The molecule has 0 saturated carbocycles. The Morgan fingerprint density at radius 2 is 2.12 bits per heavy atom. The topological polar surface area (TPSA) is 55.2 Å². The van der Waals surface area contributed by atoms with Crippen molar-refractivity contribution in [2.45, 2.75) is 26.4 Å². The molecule has 0 aliphatic carbocycles. The van der Waals surface area contributed by atoms with E-state index in [1.54, 1.807) is 47.4 Å². The Morgan fingerprint density at radius 3 is 2.81 bits per heavy atom. The fourth-order valence-electron chi connectivity index (χ4n) is 2.89. The molecule has 2 heterocycles. The summed E-state index contributed by atoms with van der Waals surface area (Å²) >= 11 is 1.66. The molecule has 0 aliphatic heterocycles. The summed E-state index contributed by atoms with van der Waals surface area (Å²) in [5.41, 5.74) is 0.423. The molecule has 26 heavy (non-hydrogen) atoms. The van der Waals surface area contributed by atoms with Gasteiger partial charge in [-0.1, -0.05) is 18.2 Å². The quantitative estimate of drug-likeness (QED) is 0.626. The van der Waals surface area contributed by atoms with Gasteiger partial charge in [0.15, 0.2) is 0 Å². The number of carbonyl (C=O) groups excluding carboxylic acids is 1. The molecule has 0 bridgehead atoms. The van der Waals surface area contributed by atoms with Crippen LogP contribution in [0.1, 0.15) is 22.7 Å². The highest BCUT2D eigenvalue weighted by atomic mass is 32.1. The van der Waals surface area contributed by atoms with Gasteiger partial charge in [0.2, 0.25) is 5.91 Å². The van der Waals surface area contributed by atoms with Crippen LogP contribution in [0.15, 0.2) is 60.2 Å². The van der Waals surface area contributed by atoms with Gasteiger partial charge in [0.05, 0.1) is 23.8 Å². The predicted molar refractivity (Wildman–Crippen MR) is 105 cm³/mol. The van der Waals surface area contributed by atoms with E-state index in [-0.39, 0.29) is 11.5 Å². The van der Waals surface area contributed by atoms with Gasteiger partial charge in [-0.25, -0.2) is 4.98 Å². The molecule has 0 aliphatic rings. The molecule has 0 N–H and O–H groups in total. The van der Waals surface area contributed by atoms with Crippen LogP contribution in [0.3, 0.4) is 0 Å². The number of fused-ring (bicyclic) bond motifs is 1. The Balaban J connectivity index is 1.90.